The van der Waals surface area contributed by atoms with Crippen molar-refractivity contribution in [3.63, 3.8) is 0 Å². The summed E-state index contributed by atoms with van der Waals surface area (Å²) in [5.41, 5.74) is -0.618. The van der Waals surface area contributed by atoms with E-state index in [1.54, 1.807) is 0 Å². The predicted molar refractivity (Wildman–Crippen MR) is 43.2 cm³/mol. The average molecular weight is 156 g/mol. The van der Waals surface area contributed by atoms with Gasteiger partial charge in [-0.2, -0.15) is 0 Å². The molecule has 0 heterocycles. The summed E-state index contributed by atoms with van der Waals surface area (Å²) in [4.78, 5) is 11.3. The normalized spacial score (nSPS) is 46.0. The van der Waals surface area contributed by atoms with Gasteiger partial charge in [-0.3, -0.25) is 4.79 Å². The lowest BCUT2D eigenvalue weighted by Crippen LogP contribution is -2.40. The molecular formula is C9H16O2. The minimum absolute atomic E-state index is 0.0359. The van der Waals surface area contributed by atoms with Gasteiger partial charge in [0.1, 0.15) is 5.78 Å². The fourth-order valence-electron chi connectivity index (χ4n) is 2.09. The lowest BCUT2D eigenvalue weighted by atomic mass is 9.74. The van der Waals surface area contributed by atoms with E-state index in [9.17, 15) is 9.90 Å². The Balaban J connectivity index is 2.70. The topological polar surface area (TPSA) is 37.3 Å². The van der Waals surface area contributed by atoms with E-state index in [2.05, 4.69) is 0 Å². The Morgan fingerprint density at radius 2 is 1.73 bits per heavy atom. The first kappa shape index (κ1) is 8.72. The van der Waals surface area contributed by atoms with Crippen LogP contribution in [0.3, 0.4) is 0 Å². The van der Waals surface area contributed by atoms with Crippen LogP contribution in [0.25, 0.3) is 0 Å². The molecule has 1 rings (SSSR count). The summed E-state index contributed by atoms with van der Waals surface area (Å²) in [6.07, 6.45) is 1.24. The first-order valence-corrected chi connectivity index (χ1v) is 4.18. The average Bonchev–Trinajstić information content (AvgIpc) is 1.81. The summed E-state index contributed by atoms with van der Waals surface area (Å²) in [6.45, 7) is 5.60. The van der Waals surface area contributed by atoms with Crippen LogP contribution in [0.4, 0.5) is 0 Å². The van der Waals surface area contributed by atoms with Gasteiger partial charge in [0, 0.05) is 11.8 Å². The third-order valence-electron chi connectivity index (χ3n) is 2.46. The van der Waals surface area contributed by atoms with Crippen LogP contribution in [-0.2, 0) is 4.79 Å². The molecule has 0 aromatic carbocycles. The highest BCUT2D eigenvalue weighted by atomic mass is 16.3. The summed E-state index contributed by atoms with van der Waals surface area (Å²) >= 11 is 0. The van der Waals surface area contributed by atoms with E-state index in [1.807, 2.05) is 20.8 Å². The fourth-order valence-corrected chi connectivity index (χ4v) is 2.09. The third kappa shape index (κ3) is 1.80. The highest BCUT2D eigenvalue weighted by molar-refractivity contribution is 5.83. The molecule has 1 fully saturated rings. The fraction of sp³-hybridized carbons (Fsp3) is 0.889. The van der Waals surface area contributed by atoms with E-state index >= 15 is 0 Å². The molecule has 2 atom stereocenters. The van der Waals surface area contributed by atoms with E-state index in [-0.39, 0.29) is 11.8 Å². The minimum Gasteiger partial charge on any atom is -0.390 e. The third-order valence-corrected chi connectivity index (χ3v) is 2.46. The molecule has 64 valence electrons. The number of ketones is 1. The first-order chi connectivity index (χ1) is 4.92. The highest BCUT2D eigenvalue weighted by Crippen LogP contribution is 2.32. The number of carbonyl (C=O) groups is 1. The van der Waals surface area contributed by atoms with Crippen molar-refractivity contribution in [1.82, 2.24) is 0 Å². The lowest BCUT2D eigenvalue weighted by Gasteiger charge is -2.34. The molecule has 1 N–H and O–H groups in total. The Morgan fingerprint density at radius 1 is 1.36 bits per heavy atom. The molecule has 2 unspecified atom stereocenters. The standard InChI is InChI=1S/C9H16O2/c1-6-4-9(3,11)5-7(2)8(6)10/h6-7,11H,4-5H2,1-3H3. The number of carbonyl (C=O) groups excluding carboxylic acids is 1. The highest BCUT2D eigenvalue weighted by Gasteiger charge is 2.37. The largest absolute Gasteiger partial charge is 0.390 e. The number of rotatable bonds is 0. The number of hydrogen-bond acceptors (Lipinski definition) is 2. The molecule has 0 radical (unpaired) electrons. The van der Waals surface area contributed by atoms with E-state index in [4.69, 9.17) is 0 Å². The molecule has 1 aliphatic rings. The Morgan fingerprint density at radius 3 is 2.09 bits per heavy atom. The van der Waals surface area contributed by atoms with Crippen LogP contribution in [0.1, 0.15) is 33.6 Å². The van der Waals surface area contributed by atoms with Gasteiger partial charge < -0.3 is 5.11 Å². The number of Topliss-reactive ketones (excluding diaryl/α,β-unsaturated/α-hetero) is 1. The molecular weight excluding hydrogens is 140 g/mol. The lowest BCUT2D eigenvalue weighted by molar-refractivity contribution is -0.135. The van der Waals surface area contributed by atoms with Crippen molar-refractivity contribution in [3.8, 4) is 0 Å². The van der Waals surface area contributed by atoms with Crippen LogP contribution in [-0.4, -0.2) is 16.5 Å². The van der Waals surface area contributed by atoms with Gasteiger partial charge in [-0.15, -0.1) is 0 Å². The van der Waals surface area contributed by atoms with Gasteiger partial charge in [0.15, 0.2) is 0 Å². The van der Waals surface area contributed by atoms with Crippen molar-refractivity contribution in [3.05, 3.63) is 0 Å². The summed E-state index contributed by atoms with van der Waals surface area (Å²) in [7, 11) is 0. The van der Waals surface area contributed by atoms with Crippen LogP contribution < -0.4 is 0 Å². The zero-order chi connectivity index (χ0) is 8.65. The van der Waals surface area contributed by atoms with Crippen LogP contribution >= 0.6 is 0 Å². The van der Waals surface area contributed by atoms with Crippen molar-refractivity contribution in [2.75, 3.05) is 0 Å². The molecule has 0 spiro atoms. The van der Waals surface area contributed by atoms with Gasteiger partial charge >= 0.3 is 0 Å². The number of aliphatic hydroxyl groups is 1. The van der Waals surface area contributed by atoms with E-state index in [0.29, 0.717) is 18.6 Å². The molecule has 0 amide bonds. The summed E-state index contributed by atoms with van der Waals surface area (Å²) in [6, 6.07) is 0. The molecule has 0 bridgehead atoms. The van der Waals surface area contributed by atoms with E-state index in [1.165, 1.54) is 0 Å². The van der Waals surface area contributed by atoms with Crippen molar-refractivity contribution in [1.29, 1.82) is 0 Å². The van der Waals surface area contributed by atoms with Crippen LogP contribution in [0.2, 0.25) is 0 Å². The summed E-state index contributed by atoms with van der Waals surface area (Å²) in [5.74, 6) is 0.374. The Kier molecular flexibility index (Phi) is 2.06. The quantitative estimate of drug-likeness (QED) is 0.575. The van der Waals surface area contributed by atoms with E-state index in [0.717, 1.165) is 0 Å². The summed E-state index contributed by atoms with van der Waals surface area (Å²) < 4.78 is 0. The minimum atomic E-state index is -0.618. The first-order valence-electron chi connectivity index (χ1n) is 4.18. The molecule has 0 aliphatic heterocycles. The maximum absolute atomic E-state index is 11.3. The monoisotopic (exact) mass is 156 g/mol. The molecule has 11 heavy (non-hydrogen) atoms. The smallest absolute Gasteiger partial charge is 0.138 e. The molecule has 2 nitrogen and oxygen atoms in total. The van der Waals surface area contributed by atoms with Gasteiger partial charge in [0.05, 0.1) is 5.60 Å². The van der Waals surface area contributed by atoms with Crippen molar-refractivity contribution in [2.45, 2.75) is 39.2 Å². The van der Waals surface area contributed by atoms with Gasteiger partial charge in [0.2, 0.25) is 0 Å². The van der Waals surface area contributed by atoms with Crippen LogP contribution in [0.5, 0.6) is 0 Å². The van der Waals surface area contributed by atoms with Gasteiger partial charge in [-0.05, 0) is 19.8 Å². The van der Waals surface area contributed by atoms with Gasteiger partial charge in [-0.1, -0.05) is 13.8 Å². The van der Waals surface area contributed by atoms with Gasteiger partial charge in [-0.25, -0.2) is 0 Å². The second-order valence-electron chi connectivity index (χ2n) is 4.11. The maximum atomic E-state index is 11.3. The molecule has 1 saturated carbocycles. The zero-order valence-electron chi connectivity index (χ0n) is 7.42. The molecule has 1 aliphatic carbocycles. The Labute approximate surface area is 67.6 Å². The second-order valence-corrected chi connectivity index (χ2v) is 4.11. The number of hydrogen-bond donors (Lipinski definition) is 1. The Hall–Kier alpha value is -0.370. The molecule has 2 heteroatoms. The SMILES string of the molecule is CC1CC(C)(O)CC(C)C1=O. The molecule has 0 aromatic heterocycles. The van der Waals surface area contributed by atoms with E-state index < -0.39 is 5.60 Å². The molecule has 0 aromatic rings. The zero-order valence-corrected chi connectivity index (χ0v) is 7.42. The van der Waals surface area contributed by atoms with Crippen molar-refractivity contribution in [2.24, 2.45) is 11.8 Å². The van der Waals surface area contributed by atoms with Crippen molar-refractivity contribution < 1.29 is 9.90 Å². The predicted octanol–water partition coefficient (Wildman–Crippen LogP) is 1.37. The van der Waals surface area contributed by atoms with Gasteiger partial charge in [0.25, 0.3) is 0 Å². The van der Waals surface area contributed by atoms with Crippen LogP contribution in [0, 0.1) is 11.8 Å². The Bertz CT molecular complexity index is 156. The maximum Gasteiger partial charge on any atom is 0.138 e. The second kappa shape index (κ2) is 2.59. The van der Waals surface area contributed by atoms with Crippen molar-refractivity contribution >= 4 is 5.78 Å². The van der Waals surface area contributed by atoms with Crippen LogP contribution in [0.15, 0.2) is 0 Å². The molecule has 0 saturated heterocycles. The summed E-state index contributed by atoms with van der Waals surface area (Å²) in [5, 5.41) is 9.68.